The van der Waals surface area contributed by atoms with Crippen LogP contribution in [0.1, 0.15) is 25.8 Å². The summed E-state index contributed by atoms with van der Waals surface area (Å²) in [5.41, 5.74) is 2.31. The largest absolute Gasteiger partial charge is 0.452 e. The highest BCUT2D eigenvalue weighted by atomic mass is 35.5. The number of ether oxygens (including phenoxy) is 1. The highest BCUT2D eigenvalue weighted by molar-refractivity contribution is 6.33. The fraction of sp³-hybridized carbons (Fsp3) is 0.318. The highest BCUT2D eigenvalue weighted by Crippen LogP contribution is 2.29. The number of benzene rings is 2. The van der Waals surface area contributed by atoms with Gasteiger partial charge in [-0.3, -0.25) is 14.4 Å². The normalized spacial score (nSPS) is 17.1. The fourth-order valence-corrected chi connectivity index (χ4v) is 3.48. The Morgan fingerprint density at radius 3 is 2.62 bits per heavy atom. The van der Waals surface area contributed by atoms with E-state index in [1.165, 1.54) is 6.92 Å². The molecule has 0 bridgehead atoms. The van der Waals surface area contributed by atoms with Crippen LogP contribution < -0.4 is 10.2 Å². The number of amides is 2. The molecule has 0 aromatic heterocycles. The van der Waals surface area contributed by atoms with E-state index in [-0.39, 0.29) is 18.9 Å². The topological polar surface area (TPSA) is 75.7 Å². The lowest BCUT2D eigenvalue weighted by Gasteiger charge is -2.20. The molecule has 152 valence electrons. The number of anilines is 2. The zero-order valence-electron chi connectivity index (χ0n) is 16.4. The summed E-state index contributed by atoms with van der Waals surface area (Å²) in [7, 11) is 0. The van der Waals surface area contributed by atoms with Crippen molar-refractivity contribution in [3.63, 3.8) is 0 Å². The van der Waals surface area contributed by atoms with Gasteiger partial charge in [0.15, 0.2) is 6.10 Å². The number of aryl methyl sites for hydroxylation is 1. The van der Waals surface area contributed by atoms with Crippen LogP contribution in [0.15, 0.2) is 48.5 Å². The van der Waals surface area contributed by atoms with Gasteiger partial charge in [0.2, 0.25) is 5.91 Å². The SMILES string of the molecule is CCc1ccccc1N1C[C@@H](C(=O)O[C@@H](C)C(=O)Nc2ccccc2Cl)CC1=O. The van der Waals surface area contributed by atoms with E-state index in [2.05, 4.69) is 5.32 Å². The Kier molecular flexibility index (Phi) is 6.54. The molecule has 1 aliphatic rings. The molecule has 3 rings (SSSR count). The van der Waals surface area contributed by atoms with E-state index in [4.69, 9.17) is 16.3 Å². The molecule has 0 radical (unpaired) electrons. The number of carbonyl (C=O) groups excluding carboxylic acids is 3. The second-order valence-corrected chi connectivity index (χ2v) is 7.34. The van der Waals surface area contributed by atoms with Crippen LogP contribution in [0, 0.1) is 5.92 Å². The minimum absolute atomic E-state index is 0.0652. The van der Waals surface area contributed by atoms with E-state index in [1.54, 1.807) is 29.2 Å². The van der Waals surface area contributed by atoms with Crippen molar-refractivity contribution < 1.29 is 19.1 Å². The van der Waals surface area contributed by atoms with Crippen molar-refractivity contribution in [3.05, 3.63) is 59.1 Å². The molecule has 7 heteroatoms. The van der Waals surface area contributed by atoms with Gasteiger partial charge in [0.25, 0.3) is 5.91 Å². The zero-order chi connectivity index (χ0) is 21.0. The van der Waals surface area contributed by atoms with Crippen molar-refractivity contribution in [1.29, 1.82) is 0 Å². The number of para-hydroxylation sites is 2. The molecule has 2 aromatic carbocycles. The first kappa shape index (κ1) is 20.9. The summed E-state index contributed by atoms with van der Waals surface area (Å²) in [6.07, 6.45) is -0.157. The van der Waals surface area contributed by atoms with Gasteiger partial charge in [0, 0.05) is 18.7 Å². The van der Waals surface area contributed by atoms with Crippen molar-refractivity contribution >= 4 is 40.8 Å². The Balaban J connectivity index is 1.61. The third-order valence-corrected chi connectivity index (χ3v) is 5.25. The maximum Gasteiger partial charge on any atom is 0.312 e. The molecule has 1 aliphatic heterocycles. The number of nitrogens with zero attached hydrogens (tertiary/aromatic N) is 1. The van der Waals surface area contributed by atoms with Gasteiger partial charge in [0.1, 0.15) is 0 Å². The second kappa shape index (κ2) is 9.09. The van der Waals surface area contributed by atoms with Gasteiger partial charge in [-0.05, 0) is 37.1 Å². The summed E-state index contributed by atoms with van der Waals surface area (Å²) in [4.78, 5) is 39.0. The van der Waals surface area contributed by atoms with Crippen molar-refractivity contribution in [2.24, 2.45) is 5.92 Å². The molecule has 0 unspecified atom stereocenters. The second-order valence-electron chi connectivity index (χ2n) is 6.94. The van der Waals surface area contributed by atoms with E-state index < -0.39 is 23.9 Å². The average molecular weight is 415 g/mol. The first-order valence-electron chi connectivity index (χ1n) is 9.54. The molecule has 1 heterocycles. The zero-order valence-corrected chi connectivity index (χ0v) is 17.1. The van der Waals surface area contributed by atoms with Crippen LogP contribution in [0.4, 0.5) is 11.4 Å². The van der Waals surface area contributed by atoms with Crippen LogP contribution >= 0.6 is 11.6 Å². The molecule has 1 fully saturated rings. The molecule has 0 aliphatic carbocycles. The summed E-state index contributed by atoms with van der Waals surface area (Å²) in [5.74, 6) is -1.77. The van der Waals surface area contributed by atoms with Gasteiger partial charge in [-0.2, -0.15) is 0 Å². The van der Waals surface area contributed by atoms with Gasteiger partial charge >= 0.3 is 5.97 Å². The Hall–Kier alpha value is -2.86. The molecule has 2 amide bonds. The quantitative estimate of drug-likeness (QED) is 0.729. The monoisotopic (exact) mass is 414 g/mol. The molecule has 2 atom stereocenters. The third-order valence-electron chi connectivity index (χ3n) is 4.92. The molecule has 6 nitrogen and oxygen atoms in total. The van der Waals surface area contributed by atoms with E-state index in [1.807, 2.05) is 31.2 Å². The molecule has 1 saturated heterocycles. The highest BCUT2D eigenvalue weighted by Gasteiger charge is 2.37. The van der Waals surface area contributed by atoms with Gasteiger partial charge in [-0.25, -0.2) is 0 Å². The van der Waals surface area contributed by atoms with E-state index >= 15 is 0 Å². The Morgan fingerprint density at radius 1 is 1.21 bits per heavy atom. The lowest BCUT2D eigenvalue weighted by molar-refractivity contribution is -0.157. The third kappa shape index (κ3) is 4.77. The Bertz CT molecular complexity index is 931. The van der Waals surface area contributed by atoms with Crippen molar-refractivity contribution in [1.82, 2.24) is 0 Å². The predicted octanol–water partition coefficient (Wildman–Crippen LogP) is 3.83. The summed E-state index contributed by atoms with van der Waals surface area (Å²) in [5, 5.41) is 3.03. The Morgan fingerprint density at radius 2 is 1.90 bits per heavy atom. The van der Waals surface area contributed by atoms with Crippen molar-refractivity contribution in [3.8, 4) is 0 Å². The first-order chi connectivity index (χ1) is 13.9. The average Bonchev–Trinajstić information content (AvgIpc) is 3.11. The first-order valence-corrected chi connectivity index (χ1v) is 9.92. The molecule has 2 aromatic rings. The summed E-state index contributed by atoms with van der Waals surface area (Å²) in [6, 6.07) is 14.4. The fourth-order valence-electron chi connectivity index (χ4n) is 3.29. The molecule has 0 saturated carbocycles. The van der Waals surface area contributed by atoms with Gasteiger partial charge < -0.3 is 15.0 Å². The van der Waals surface area contributed by atoms with Gasteiger partial charge in [-0.1, -0.05) is 48.9 Å². The van der Waals surface area contributed by atoms with Crippen LogP contribution in [-0.2, 0) is 25.5 Å². The minimum Gasteiger partial charge on any atom is -0.452 e. The van der Waals surface area contributed by atoms with Crippen LogP contribution in [0.3, 0.4) is 0 Å². The maximum absolute atomic E-state index is 12.5. The molecule has 29 heavy (non-hydrogen) atoms. The van der Waals surface area contributed by atoms with Crippen LogP contribution in [-0.4, -0.2) is 30.4 Å². The number of esters is 1. The van der Waals surface area contributed by atoms with Crippen LogP contribution in [0.2, 0.25) is 5.02 Å². The number of nitrogens with one attached hydrogen (secondary N) is 1. The standard InChI is InChI=1S/C22H23ClN2O4/c1-3-15-8-4-7-11-19(15)25-13-16(12-20(25)26)22(28)29-14(2)21(27)24-18-10-6-5-9-17(18)23/h4-11,14,16H,3,12-13H2,1-2H3,(H,24,27)/t14-,16-/m0/s1. The number of hydrogen-bond donors (Lipinski definition) is 1. The lowest BCUT2D eigenvalue weighted by atomic mass is 10.1. The van der Waals surface area contributed by atoms with Crippen LogP contribution in [0.25, 0.3) is 0 Å². The summed E-state index contributed by atoms with van der Waals surface area (Å²) >= 11 is 6.03. The van der Waals surface area contributed by atoms with Crippen molar-refractivity contribution in [2.75, 3.05) is 16.8 Å². The Labute approximate surface area is 174 Å². The molecule has 1 N–H and O–H groups in total. The number of carbonyl (C=O) groups is 3. The van der Waals surface area contributed by atoms with E-state index in [0.29, 0.717) is 10.7 Å². The van der Waals surface area contributed by atoms with E-state index in [9.17, 15) is 14.4 Å². The number of hydrogen-bond acceptors (Lipinski definition) is 4. The predicted molar refractivity (Wildman–Crippen MR) is 112 cm³/mol. The molecular weight excluding hydrogens is 392 g/mol. The maximum atomic E-state index is 12.5. The summed E-state index contributed by atoms with van der Waals surface area (Å²) < 4.78 is 5.32. The van der Waals surface area contributed by atoms with Crippen molar-refractivity contribution in [2.45, 2.75) is 32.8 Å². The number of halogens is 1. The lowest BCUT2D eigenvalue weighted by Crippen LogP contribution is -2.33. The van der Waals surface area contributed by atoms with Gasteiger partial charge in [-0.15, -0.1) is 0 Å². The summed E-state index contributed by atoms with van der Waals surface area (Å²) in [6.45, 7) is 3.75. The minimum atomic E-state index is -1.01. The molecule has 0 spiro atoms. The van der Waals surface area contributed by atoms with E-state index in [0.717, 1.165) is 17.7 Å². The van der Waals surface area contributed by atoms with Gasteiger partial charge in [0.05, 0.1) is 16.6 Å². The van der Waals surface area contributed by atoms with Crippen LogP contribution in [0.5, 0.6) is 0 Å². The number of rotatable bonds is 6. The molecular formula is C22H23ClN2O4. The smallest absolute Gasteiger partial charge is 0.312 e.